The first-order valence-corrected chi connectivity index (χ1v) is 8.76. The number of hydrogen-bond donors (Lipinski definition) is 2. The molecular weight excluding hydrogens is 347 g/mol. The van der Waals surface area contributed by atoms with Crippen LogP contribution in [0.25, 0.3) is 0 Å². The smallest absolute Gasteiger partial charge is 0.356 e. The van der Waals surface area contributed by atoms with E-state index in [4.69, 9.17) is 0 Å². The van der Waals surface area contributed by atoms with Crippen molar-refractivity contribution >= 4 is 11.8 Å². The van der Waals surface area contributed by atoms with E-state index in [9.17, 15) is 22.8 Å². The maximum absolute atomic E-state index is 12.9. The van der Waals surface area contributed by atoms with Gasteiger partial charge in [-0.2, -0.15) is 13.2 Å². The molecule has 1 aromatic carbocycles. The van der Waals surface area contributed by atoms with Crippen molar-refractivity contribution in [3.63, 3.8) is 0 Å². The van der Waals surface area contributed by atoms with Gasteiger partial charge in [0, 0.05) is 26.2 Å². The summed E-state index contributed by atoms with van der Waals surface area (Å²) in [5, 5.41) is 5.49. The number of unbranched alkanes of at least 4 members (excludes halogenated alkanes) is 1. The summed E-state index contributed by atoms with van der Waals surface area (Å²) in [5.74, 6) is -0.497. The average Bonchev–Trinajstić information content (AvgIpc) is 2.58. The van der Waals surface area contributed by atoms with Gasteiger partial charge in [-0.05, 0) is 18.1 Å². The highest BCUT2D eigenvalue weighted by Gasteiger charge is 2.33. The van der Waals surface area contributed by atoms with Crippen LogP contribution in [0.1, 0.15) is 37.3 Å². The number of halogens is 3. The first kappa shape index (κ1) is 20.2. The van der Waals surface area contributed by atoms with E-state index in [1.54, 1.807) is 11.0 Å². The van der Waals surface area contributed by atoms with E-state index >= 15 is 0 Å². The van der Waals surface area contributed by atoms with E-state index < -0.39 is 17.8 Å². The maximum atomic E-state index is 12.9. The van der Waals surface area contributed by atoms with Crippen LogP contribution in [0.15, 0.2) is 24.3 Å². The summed E-state index contributed by atoms with van der Waals surface area (Å²) in [5.41, 5.74) is -0.253. The zero-order valence-electron chi connectivity index (χ0n) is 14.7. The molecule has 1 heterocycles. The Morgan fingerprint density at radius 1 is 1.38 bits per heavy atom. The third-order valence-corrected chi connectivity index (χ3v) is 4.31. The average molecular weight is 371 g/mol. The SMILES string of the molecule is CCCCNC(=O)C[C@H]1C(=O)NCCN1Cc1cccc(C(F)(F)F)c1. The molecule has 0 aromatic heterocycles. The summed E-state index contributed by atoms with van der Waals surface area (Å²) < 4.78 is 38.6. The van der Waals surface area contributed by atoms with Gasteiger partial charge in [0.25, 0.3) is 0 Å². The fourth-order valence-corrected chi connectivity index (χ4v) is 2.91. The van der Waals surface area contributed by atoms with Gasteiger partial charge in [0.15, 0.2) is 0 Å². The van der Waals surface area contributed by atoms with Crippen LogP contribution >= 0.6 is 0 Å². The summed E-state index contributed by atoms with van der Waals surface area (Å²) in [7, 11) is 0. The van der Waals surface area contributed by atoms with Crippen molar-refractivity contribution in [3.8, 4) is 0 Å². The van der Waals surface area contributed by atoms with Crippen LogP contribution in [0.2, 0.25) is 0 Å². The Bertz CT molecular complexity index is 634. The molecule has 5 nitrogen and oxygen atoms in total. The highest BCUT2D eigenvalue weighted by atomic mass is 19.4. The number of benzene rings is 1. The molecule has 1 aromatic rings. The predicted octanol–water partition coefficient (Wildman–Crippen LogP) is 2.31. The molecule has 1 saturated heterocycles. The number of carbonyl (C=O) groups excluding carboxylic acids is 2. The minimum Gasteiger partial charge on any atom is -0.356 e. The third-order valence-electron chi connectivity index (χ3n) is 4.31. The van der Waals surface area contributed by atoms with Crippen molar-refractivity contribution in [1.82, 2.24) is 15.5 Å². The summed E-state index contributed by atoms with van der Waals surface area (Å²) in [6.45, 7) is 3.64. The van der Waals surface area contributed by atoms with Gasteiger partial charge in [0.05, 0.1) is 18.0 Å². The van der Waals surface area contributed by atoms with E-state index in [0.717, 1.165) is 25.0 Å². The number of carbonyl (C=O) groups is 2. The van der Waals surface area contributed by atoms with Crippen LogP contribution in [0.3, 0.4) is 0 Å². The Morgan fingerprint density at radius 2 is 2.15 bits per heavy atom. The van der Waals surface area contributed by atoms with Gasteiger partial charge in [0.1, 0.15) is 0 Å². The molecule has 1 aliphatic heterocycles. The van der Waals surface area contributed by atoms with Crippen molar-refractivity contribution in [1.29, 1.82) is 0 Å². The molecule has 2 rings (SSSR count). The van der Waals surface area contributed by atoms with Gasteiger partial charge in [-0.15, -0.1) is 0 Å². The van der Waals surface area contributed by atoms with E-state index in [2.05, 4.69) is 10.6 Å². The second-order valence-corrected chi connectivity index (χ2v) is 6.38. The molecule has 2 N–H and O–H groups in total. The molecule has 26 heavy (non-hydrogen) atoms. The minimum atomic E-state index is -4.41. The molecule has 0 radical (unpaired) electrons. The summed E-state index contributed by atoms with van der Waals surface area (Å²) >= 11 is 0. The molecule has 144 valence electrons. The normalized spacial score (nSPS) is 18.5. The Hall–Kier alpha value is -2.09. The van der Waals surface area contributed by atoms with E-state index in [1.807, 2.05) is 6.92 Å². The second-order valence-electron chi connectivity index (χ2n) is 6.38. The Labute approximate surface area is 150 Å². The molecule has 2 amide bonds. The monoisotopic (exact) mass is 371 g/mol. The Balaban J connectivity index is 2.05. The van der Waals surface area contributed by atoms with Crippen LogP contribution < -0.4 is 10.6 Å². The third kappa shape index (κ3) is 5.72. The first-order valence-electron chi connectivity index (χ1n) is 8.76. The number of nitrogens with zero attached hydrogens (tertiary/aromatic N) is 1. The van der Waals surface area contributed by atoms with Crippen LogP contribution in [-0.4, -0.2) is 42.4 Å². The van der Waals surface area contributed by atoms with Crippen molar-refractivity contribution in [2.45, 2.75) is 44.9 Å². The standard InChI is InChI=1S/C18H24F3N3O2/c1-2-3-7-22-16(25)11-15-17(26)23-8-9-24(15)12-13-5-4-6-14(10-13)18(19,20)21/h4-6,10,15H,2-3,7-9,11-12H2,1H3,(H,22,25)(H,23,26)/t15-/m0/s1. The topological polar surface area (TPSA) is 61.4 Å². The van der Waals surface area contributed by atoms with Crippen LogP contribution in [0.4, 0.5) is 13.2 Å². The number of nitrogens with one attached hydrogen (secondary N) is 2. The van der Waals surface area contributed by atoms with Gasteiger partial charge in [-0.1, -0.05) is 31.5 Å². The van der Waals surface area contributed by atoms with Crippen molar-refractivity contribution in [2.24, 2.45) is 0 Å². The molecule has 0 bridgehead atoms. The lowest BCUT2D eigenvalue weighted by atomic mass is 10.0. The lowest BCUT2D eigenvalue weighted by molar-refractivity contribution is -0.137. The number of hydrogen-bond acceptors (Lipinski definition) is 3. The molecule has 1 fully saturated rings. The number of amides is 2. The predicted molar refractivity (Wildman–Crippen MR) is 91.2 cm³/mol. The van der Waals surface area contributed by atoms with Crippen molar-refractivity contribution in [3.05, 3.63) is 35.4 Å². The molecule has 0 unspecified atom stereocenters. The van der Waals surface area contributed by atoms with Gasteiger partial charge < -0.3 is 10.6 Å². The van der Waals surface area contributed by atoms with Crippen molar-refractivity contribution < 1.29 is 22.8 Å². The molecule has 1 atom stereocenters. The highest BCUT2D eigenvalue weighted by Crippen LogP contribution is 2.30. The summed E-state index contributed by atoms with van der Waals surface area (Å²) in [4.78, 5) is 26.0. The van der Waals surface area contributed by atoms with E-state index in [1.165, 1.54) is 6.07 Å². The number of piperazine rings is 1. The number of alkyl halides is 3. The van der Waals surface area contributed by atoms with Crippen LogP contribution in [-0.2, 0) is 22.3 Å². The van der Waals surface area contributed by atoms with E-state index in [0.29, 0.717) is 25.2 Å². The minimum absolute atomic E-state index is 0.00545. The highest BCUT2D eigenvalue weighted by molar-refractivity contribution is 5.88. The lowest BCUT2D eigenvalue weighted by Gasteiger charge is -2.34. The molecule has 0 spiro atoms. The van der Waals surface area contributed by atoms with Gasteiger partial charge in [-0.3, -0.25) is 14.5 Å². The second kappa shape index (κ2) is 9.02. The van der Waals surface area contributed by atoms with Crippen LogP contribution in [0, 0.1) is 0 Å². The van der Waals surface area contributed by atoms with Gasteiger partial charge in [-0.25, -0.2) is 0 Å². The fraction of sp³-hybridized carbons (Fsp3) is 0.556. The maximum Gasteiger partial charge on any atom is 0.416 e. The Morgan fingerprint density at radius 3 is 2.85 bits per heavy atom. The molecule has 1 aliphatic rings. The Kier molecular flexibility index (Phi) is 7.02. The zero-order chi connectivity index (χ0) is 19.2. The molecular formula is C18H24F3N3O2. The molecule has 8 heteroatoms. The fourth-order valence-electron chi connectivity index (χ4n) is 2.91. The molecule has 0 aliphatic carbocycles. The van der Waals surface area contributed by atoms with Gasteiger partial charge >= 0.3 is 6.18 Å². The zero-order valence-corrected chi connectivity index (χ0v) is 14.7. The van der Waals surface area contributed by atoms with Crippen LogP contribution in [0.5, 0.6) is 0 Å². The quantitative estimate of drug-likeness (QED) is 0.723. The largest absolute Gasteiger partial charge is 0.416 e. The summed E-state index contributed by atoms with van der Waals surface area (Å²) in [6, 6.07) is 4.38. The molecule has 0 saturated carbocycles. The lowest BCUT2D eigenvalue weighted by Crippen LogP contribution is -2.56. The van der Waals surface area contributed by atoms with Crippen molar-refractivity contribution in [2.75, 3.05) is 19.6 Å². The van der Waals surface area contributed by atoms with Gasteiger partial charge in [0.2, 0.25) is 11.8 Å². The van der Waals surface area contributed by atoms with E-state index in [-0.39, 0.29) is 24.8 Å². The first-order chi connectivity index (χ1) is 12.3. The number of rotatable bonds is 7. The summed E-state index contributed by atoms with van der Waals surface area (Å²) in [6.07, 6.45) is -2.61.